The Morgan fingerprint density at radius 2 is 1.88 bits per heavy atom. The number of hydrogen-bond donors (Lipinski definition) is 2. The number of halogens is 1. The molecule has 6 heteroatoms. The summed E-state index contributed by atoms with van der Waals surface area (Å²) in [5, 5.41) is 3.82. The van der Waals surface area contributed by atoms with Crippen LogP contribution in [0, 0.1) is 0 Å². The van der Waals surface area contributed by atoms with E-state index in [1.54, 1.807) is 7.11 Å². The van der Waals surface area contributed by atoms with Crippen molar-refractivity contribution in [1.82, 2.24) is 4.98 Å². The average molecular weight is 359 g/mol. The van der Waals surface area contributed by atoms with Crippen molar-refractivity contribution in [3.63, 3.8) is 0 Å². The number of pyridine rings is 1. The van der Waals surface area contributed by atoms with Crippen LogP contribution in [0.4, 0.5) is 5.69 Å². The minimum Gasteiger partial charge on any atom is -0.481 e. The maximum Gasteiger partial charge on any atom is 0.212 e. The molecular formula is C19H23ClN4O. The Balaban J connectivity index is 1.53. The van der Waals surface area contributed by atoms with Gasteiger partial charge in [0, 0.05) is 23.0 Å². The van der Waals surface area contributed by atoms with Gasteiger partial charge in [-0.3, -0.25) is 0 Å². The lowest BCUT2D eigenvalue weighted by molar-refractivity contribution is 0.388. The van der Waals surface area contributed by atoms with Crippen molar-refractivity contribution < 1.29 is 4.74 Å². The van der Waals surface area contributed by atoms with E-state index < -0.39 is 0 Å². The van der Waals surface area contributed by atoms with Crippen LogP contribution in [-0.4, -0.2) is 24.1 Å². The Morgan fingerprint density at radius 3 is 2.48 bits per heavy atom. The largest absolute Gasteiger partial charge is 0.481 e. The molecule has 1 aliphatic rings. The zero-order chi connectivity index (χ0) is 17.6. The fourth-order valence-corrected chi connectivity index (χ4v) is 3.33. The zero-order valence-electron chi connectivity index (χ0n) is 14.3. The third kappa shape index (κ3) is 4.86. The molecule has 1 fully saturated rings. The summed E-state index contributed by atoms with van der Waals surface area (Å²) in [5.74, 6) is 1.65. The molecule has 0 atom stereocenters. The van der Waals surface area contributed by atoms with Crippen LogP contribution in [0.25, 0.3) is 0 Å². The monoisotopic (exact) mass is 358 g/mol. The number of guanidine groups is 1. The van der Waals surface area contributed by atoms with E-state index in [4.69, 9.17) is 22.1 Å². The first kappa shape index (κ1) is 17.5. The first-order chi connectivity index (χ1) is 12.1. The van der Waals surface area contributed by atoms with Gasteiger partial charge < -0.3 is 15.8 Å². The van der Waals surface area contributed by atoms with Gasteiger partial charge in [0.1, 0.15) is 0 Å². The SMILES string of the molecule is COc1ccc(C2CCC(N=C(N)Nc3ccc(Cl)cc3)CC2)cn1. The Bertz CT molecular complexity index is 707. The number of methoxy groups -OCH3 is 1. The van der Waals surface area contributed by atoms with Gasteiger partial charge in [0.05, 0.1) is 13.2 Å². The van der Waals surface area contributed by atoms with E-state index in [2.05, 4.69) is 21.4 Å². The molecule has 0 amide bonds. The molecule has 1 aliphatic carbocycles. The summed E-state index contributed by atoms with van der Waals surface area (Å²) >= 11 is 5.88. The van der Waals surface area contributed by atoms with Gasteiger partial charge in [-0.25, -0.2) is 9.98 Å². The number of aliphatic imine (C=N–C) groups is 1. The van der Waals surface area contributed by atoms with Crippen molar-refractivity contribution >= 4 is 23.2 Å². The van der Waals surface area contributed by atoms with Gasteiger partial charge in [-0.2, -0.15) is 0 Å². The molecule has 3 N–H and O–H groups in total. The van der Waals surface area contributed by atoms with Crippen LogP contribution in [0.5, 0.6) is 5.88 Å². The molecule has 5 nitrogen and oxygen atoms in total. The van der Waals surface area contributed by atoms with E-state index in [1.165, 1.54) is 5.56 Å². The second kappa shape index (κ2) is 8.21. The number of benzene rings is 1. The molecule has 25 heavy (non-hydrogen) atoms. The fraction of sp³-hybridized carbons (Fsp3) is 0.368. The summed E-state index contributed by atoms with van der Waals surface area (Å²) in [6.07, 6.45) is 6.16. The van der Waals surface area contributed by atoms with Crippen LogP contribution in [0.15, 0.2) is 47.6 Å². The van der Waals surface area contributed by atoms with Crippen LogP contribution < -0.4 is 15.8 Å². The summed E-state index contributed by atoms with van der Waals surface area (Å²) < 4.78 is 5.12. The first-order valence-electron chi connectivity index (χ1n) is 8.50. The number of rotatable bonds is 4. The summed E-state index contributed by atoms with van der Waals surface area (Å²) in [4.78, 5) is 8.93. The molecule has 3 rings (SSSR count). The molecule has 0 spiro atoms. The highest BCUT2D eigenvalue weighted by Crippen LogP contribution is 2.34. The minimum absolute atomic E-state index is 0.266. The van der Waals surface area contributed by atoms with Gasteiger partial charge in [0.2, 0.25) is 5.88 Å². The molecule has 0 unspecified atom stereocenters. The third-order valence-electron chi connectivity index (χ3n) is 4.57. The lowest BCUT2D eigenvalue weighted by atomic mass is 9.82. The van der Waals surface area contributed by atoms with Crippen molar-refractivity contribution in [3.05, 3.63) is 53.2 Å². The number of nitrogens with two attached hydrogens (primary N) is 1. The Morgan fingerprint density at radius 1 is 1.16 bits per heavy atom. The van der Waals surface area contributed by atoms with Gasteiger partial charge in [-0.15, -0.1) is 0 Å². The summed E-state index contributed by atoms with van der Waals surface area (Å²) in [5.41, 5.74) is 8.20. The second-order valence-corrected chi connectivity index (χ2v) is 6.72. The predicted molar refractivity (Wildman–Crippen MR) is 102 cm³/mol. The van der Waals surface area contributed by atoms with Crippen molar-refractivity contribution in [2.45, 2.75) is 37.6 Å². The number of hydrogen-bond acceptors (Lipinski definition) is 3. The quantitative estimate of drug-likeness (QED) is 0.634. The Hall–Kier alpha value is -2.27. The molecule has 0 aliphatic heterocycles. The maximum absolute atomic E-state index is 6.03. The smallest absolute Gasteiger partial charge is 0.212 e. The molecule has 132 valence electrons. The zero-order valence-corrected chi connectivity index (χ0v) is 15.0. The highest BCUT2D eigenvalue weighted by molar-refractivity contribution is 6.30. The van der Waals surface area contributed by atoms with Gasteiger partial charge >= 0.3 is 0 Å². The van der Waals surface area contributed by atoms with Gasteiger partial charge in [0.15, 0.2) is 5.96 Å². The molecule has 1 aromatic carbocycles. The molecule has 0 radical (unpaired) electrons. The lowest BCUT2D eigenvalue weighted by Gasteiger charge is -2.26. The molecule has 1 saturated carbocycles. The number of nitrogens with zero attached hydrogens (tertiary/aromatic N) is 2. The Labute approximate surface area is 153 Å². The topological polar surface area (TPSA) is 72.5 Å². The van der Waals surface area contributed by atoms with Gasteiger partial charge in [-0.05, 0) is 61.4 Å². The van der Waals surface area contributed by atoms with E-state index in [1.807, 2.05) is 36.5 Å². The van der Waals surface area contributed by atoms with Crippen LogP contribution in [-0.2, 0) is 0 Å². The molecule has 0 saturated heterocycles. The number of ether oxygens (including phenoxy) is 1. The normalized spacial score (nSPS) is 21.0. The predicted octanol–water partition coefficient (Wildman–Crippen LogP) is 4.20. The third-order valence-corrected chi connectivity index (χ3v) is 4.83. The van der Waals surface area contributed by atoms with Gasteiger partial charge in [-0.1, -0.05) is 17.7 Å². The second-order valence-electron chi connectivity index (χ2n) is 6.29. The molecule has 1 aromatic heterocycles. The summed E-state index contributed by atoms with van der Waals surface area (Å²) in [6.45, 7) is 0. The number of aromatic nitrogens is 1. The Kier molecular flexibility index (Phi) is 5.76. The molecular weight excluding hydrogens is 336 g/mol. The van der Waals surface area contributed by atoms with Crippen molar-refractivity contribution in [2.24, 2.45) is 10.7 Å². The number of nitrogens with one attached hydrogen (secondary N) is 1. The number of anilines is 1. The van der Waals surface area contributed by atoms with Crippen LogP contribution in [0.2, 0.25) is 5.02 Å². The highest BCUT2D eigenvalue weighted by atomic mass is 35.5. The average Bonchev–Trinajstić information content (AvgIpc) is 2.64. The summed E-state index contributed by atoms with van der Waals surface area (Å²) in [6, 6.07) is 11.7. The van der Waals surface area contributed by atoms with E-state index in [9.17, 15) is 0 Å². The molecule has 0 bridgehead atoms. The van der Waals surface area contributed by atoms with E-state index in [0.717, 1.165) is 31.4 Å². The summed E-state index contributed by atoms with van der Waals surface area (Å²) in [7, 11) is 1.63. The standard InChI is InChI=1S/C19H23ClN4O/c1-25-18-11-4-14(12-22-18)13-2-7-16(8-3-13)23-19(21)24-17-9-5-15(20)6-10-17/h4-6,9-13,16H,2-3,7-8H2,1H3,(H3,21,23,24). The highest BCUT2D eigenvalue weighted by Gasteiger charge is 2.22. The van der Waals surface area contributed by atoms with Crippen molar-refractivity contribution in [2.75, 3.05) is 12.4 Å². The van der Waals surface area contributed by atoms with E-state index in [-0.39, 0.29) is 6.04 Å². The maximum atomic E-state index is 6.03. The fourth-order valence-electron chi connectivity index (χ4n) is 3.20. The van der Waals surface area contributed by atoms with Crippen molar-refractivity contribution in [3.8, 4) is 5.88 Å². The van der Waals surface area contributed by atoms with E-state index in [0.29, 0.717) is 22.8 Å². The lowest BCUT2D eigenvalue weighted by Crippen LogP contribution is -2.26. The first-order valence-corrected chi connectivity index (χ1v) is 8.87. The van der Waals surface area contributed by atoms with E-state index >= 15 is 0 Å². The minimum atomic E-state index is 0.266. The van der Waals surface area contributed by atoms with Crippen LogP contribution in [0.3, 0.4) is 0 Å². The van der Waals surface area contributed by atoms with Gasteiger partial charge in [0.25, 0.3) is 0 Å². The van der Waals surface area contributed by atoms with Crippen molar-refractivity contribution in [1.29, 1.82) is 0 Å². The molecule has 1 heterocycles. The van der Waals surface area contributed by atoms with Crippen LogP contribution in [0.1, 0.15) is 37.2 Å². The van der Waals surface area contributed by atoms with Crippen LogP contribution >= 0.6 is 11.6 Å². The molecule has 2 aromatic rings.